The highest BCUT2D eigenvalue weighted by Gasteiger charge is 2.11. The van der Waals surface area contributed by atoms with E-state index in [4.69, 9.17) is 0 Å². The monoisotopic (exact) mass is 378 g/mol. The van der Waals surface area contributed by atoms with Crippen LogP contribution in [0.5, 0.6) is 0 Å². The lowest BCUT2D eigenvalue weighted by Gasteiger charge is -2.28. The van der Waals surface area contributed by atoms with Crippen LogP contribution >= 0.6 is 0 Å². The van der Waals surface area contributed by atoms with Gasteiger partial charge in [-0.1, -0.05) is 0 Å². The number of hydrogen-bond donors (Lipinski definition) is 1. The van der Waals surface area contributed by atoms with Gasteiger partial charge in [-0.25, -0.2) is 0 Å². The van der Waals surface area contributed by atoms with E-state index in [0.29, 0.717) is 0 Å². The first-order chi connectivity index (χ1) is 13.5. The molecular weight excluding hydrogens is 348 g/mol. The van der Waals surface area contributed by atoms with Crippen molar-refractivity contribution in [2.75, 3.05) is 42.4 Å². The van der Waals surface area contributed by atoms with Gasteiger partial charge in [0.05, 0.1) is 16.7 Å². The van der Waals surface area contributed by atoms with Crippen LogP contribution in [-0.4, -0.2) is 36.3 Å². The molecule has 0 saturated carbocycles. The third kappa shape index (κ3) is 3.46. The van der Waals surface area contributed by atoms with Crippen LogP contribution in [0, 0.1) is 0 Å². The highest BCUT2D eigenvalue weighted by molar-refractivity contribution is 5.80. The first kappa shape index (κ1) is 18.5. The van der Waals surface area contributed by atoms with Crippen LogP contribution in [0.15, 0.2) is 47.6 Å². The predicted molar refractivity (Wildman–Crippen MR) is 118 cm³/mol. The average molecular weight is 379 g/mol. The lowest BCUT2D eigenvalue weighted by Crippen LogP contribution is -2.29. The normalized spacial score (nSPS) is 15.3. The van der Waals surface area contributed by atoms with Gasteiger partial charge < -0.3 is 18.9 Å². The fraction of sp³-hybridized carbons (Fsp3) is 0.409. The molecule has 0 amide bonds. The number of nitrogens with one attached hydrogen (secondary N) is 1. The standard InChI is InChI=1S/C22H30N6/c1-25(2)19-12-13-20-21(16-19)27(4)22(26(20)3)24-23-17-8-10-18(11-9-17)28-14-6-5-7-15-28/h8-13,16,23H,5-7,14-15H2,1-4H3. The molecule has 28 heavy (non-hydrogen) atoms. The molecule has 0 spiro atoms. The topological polar surface area (TPSA) is 40.7 Å². The molecule has 6 heteroatoms. The molecule has 1 aromatic heterocycles. The molecule has 1 aliphatic heterocycles. The van der Waals surface area contributed by atoms with Crippen molar-refractivity contribution >= 4 is 28.1 Å². The number of aryl methyl sites for hydroxylation is 2. The highest BCUT2D eigenvalue weighted by Crippen LogP contribution is 2.22. The number of fused-ring (bicyclic) bond motifs is 1. The zero-order valence-electron chi connectivity index (χ0n) is 17.3. The Kier molecular flexibility index (Phi) is 5.03. The summed E-state index contributed by atoms with van der Waals surface area (Å²) >= 11 is 0. The van der Waals surface area contributed by atoms with E-state index in [-0.39, 0.29) is 0 Å². The third-order valence-corrected chi connectivity index (χ3v) is 5.67. The number of rotatable bonds is 4. The molecule has 0 bridgehead atoms. The summed E-state index contributed by atoms with van der Waals surface area (Å²) in [6.07, 6.45) is 3.94. The maximum absolute atomic E-state index is 4.68. The number of benzene rings is 2. The van der Waals surface area contributed by atoms with Gasteiger partial charge in [0.15, 0.2) is 0 Å². The summed E-state index contributed by atoms with van der Waals surface area (Å²) in [4.78, 5) is 4.59. The Morgan fingerprint density at radius 3 is 2.21 bits per heavy atom. The second kappa shape index (κ2) is 7.62. The minimum absolute atomic E-state index is 0.881. The third-order valence-electron chi connectivity index (χ3n) is 5.67. The second-order valence-corrected chi connectivity index (χ2v) is 7.80. The van der Waals surface area contributed by atoms with Gasteiger partial charge in [-0.3, -0.25) is 5.43 Å². The van der Waals surface area contributed by atoms with Crippen molar-refractivity contribution in [2.24, 2.45) is 19.2 Å². The van der Waals surface area contributed by atoms with E-state index in [1.54, 1.807) is 0 Å². The van der Waals surface area contributed by atoms with E-state index in [1.165, 1.54) is 30.6 Å². The number of hydrogen-bond acceptors (Lipinski definition) is 4. The van der Waals surface area contributed by atoms with Gasteiger partial charge in [0.1, 0.15) is 0 Å². The maximum Gasteiger partial charge on any atom is 0.227 e. The zero-order chi connectivity index (χ0) is 19.7. The summed E-state index contributed by atoms with van der Waals surface area (Å²) < 4.78 is 4.24. The Morgan fingerprint density at radius 1 is 0.857 bits per heavy atom. The van der Waals surface area contributed by atoms with E-state index in [0.717, 1.165) is 35.4 Å². The molecule has 2 heterocycles. The summed E-state index contributed by atoms with van der Waals surface area (Å²) in [5.74, 6) is 0. The molecule has 2 aromatic carbocycles. The molecule has 148 valence electrons. The average Bonchev–Trinajstić information content (AvgIpc) is 2.97. The Bertz CT molecular complexity index is 1020. The Morgan fingerprint density at radius 2 is 1.54 bits per heavy atom. The summed E-state index contributed by atoms with van der Waals surface area (Å²) in [6, 6.07) is 15.1. The van der Waals surface area contributed by atoms with Crippen molar-refractivity contribution in [3.63, 3.8) is 0 Å². The number of piperidine rings is 1. The maximum atomic E-state index is 4.68. The minimum Gasteiger partial charge on any atom is -0.378 e. The fourth-order valence-electron chi connectivity index (χ4n) is 3.95. The van der Waals surface area contributed by atoms with Crippen LogP contribution in [-0.2, 0) is 14.1 Å². The molecule has 1 N–H and O–H groups in total. The van der Waals surface area contributed by atoms with Crippen LogP contribution in [0.3, 0.4) is 0 Å². The van der Waals surface area contributed by atoms with Gasteiger partial charge in [-0.2, -0.15) is 0 Å². The van der Waals surface area contributed by atoms with Crippen molar-refractivity contribution in [1.82, 2.24) is 9.13 Å². The largest absolute Gasteiger partial charge is 0.378 e. The Hall–Kier alpha value is -2.89. The van der Waals surface area contributed by atoms with Crippen molar-refractivity contribution in [3.8, 4) is 0 Å². The summed E-state index contributed by atoms with van der Waals surface area (Å²) in [5, 5.41) is 4.68. The molecule has 0 aliphatic carbocycles. The summed E-state index contributed by atoms with van der Waals surface area (Å²) in [7, 11) is 8.23. The quantitative estimate of drug-likeness (QED) is 0.707. The molecule has 3 aromatic rings. The first-order valence-corrected chi connectivity index (χ1v) is 10.0. The minimum atomic E-state index is 0.881. The number of aromatic nitrogens is 2. The number of imidazole rings is 1. The van der Waals surface area contributed by atoms with E-state index in [2.05, 4.69) is 100 Å². The van der Waals surface area contributed by atoms with Gasteiger partial charge in [-0.15, -0.1) is 5.10 Å². The van der Waals surface area contributed by atoms with Crippen molar-refractivity contribution in [1.29, 1.82) is 0 Å². The molecule has 0 radical (unpaired) electrons. The van der Waals surface area contributed by atoms with Gasteiger partial charge >= 0.3 is 0 Å². The molecule has 1 aliphatic rings. The lowest BCUT2D eigenvalue weighted by molar-refractivity contribution is 0.578. The van der Waals surface area contributed by atoms with Crippen LogP contribution in [0.1, 0.15) is 19.3 Å². The Labute approximate surface area is 166 Å². The van der Waals surface area contributed by atoms with Crippen LogP contribution in [0.2, 0.25) is 0 Å². The van der Waals surface area contributed by atoms with Crippen molar-refractivity contribution in [2.45, 2.75) is 19.3 Å². The lowest BCUT2D eigenvalue weighted by atomic mass is 10.1. The molecule has 0 unspecified atom stereocenters. The van der Waals surface area contributed by atoms with E-state index in [1.807, 2.05) is 0 Å². The summed E-state index contributed by atoms with van der Waals surface area (Å²) in [6.45, 7) is 2.33. The number of anilines is 3. The summed E-state index contributed by atoms with van der Waals surface area (Å²) in [5.41, 5.74) is 9.91. The molecule has 6 nitrogen and oxygen atoms in total. The predicted octanol–water partition coefficient (Wildman–Crippen LogP) is 3.50. The van der Waals surface area contributed by atoms with Gasteiger partial charge in [0, 0.05) is 52.7 Å². The second-order valence-electron chi connectivity index (χ2n) is 7.80. The van der Waals surface area contributed by atoms with Gasteiger partial charge in [0.25, 0.3) is 0 Å². The molecular formula is C22H30N6. The van der Waals surface area contributed by atoms with Crippen LogP contribution in [0.25, 0.3) is 11.0 Å². The smallest absolute Gasteiger partial charge is 0.227 e. The first-order valence-electron chi connectivity index (χ1n) is 10.0. The molecule has 1 fully saturated rings. The van der Waals surface area contributed by atoms with Gasteiger partial charge in [0.2, 0.25) is 5.62 Å². The van der Waals surface area contributed by atoms with Crippen LogP contribution in [0.4, 0.5) is 17.1 Å². The molecule has 1 saturated heterocycles. The van der Waals surface area contributed by atoms with Crippen molar-refractivity contribution in [3.05, 3.63) is 48.1 Å². The van der Waals surface area contributed by atoms with E-state index < -0.39 is 0 Å². The zero-order valence-corrected chi connectivity index (χ0v) is 17.3. The van der Waals surface area contributed by atoms with E-state index >= 15 is 0 Å². The molecule has 0 atom stereocenters. The molecule has 4 rings (SSSR count). The fourth-order valence-corrected chi connectivity index (χ4v) is 3.95. The van der Waals surface area contributed by atoms with Crippen molar-refractivity contribution < 1.29 is 0 Å². The van der Waals surface area contributed by atoms with Gasteiger partial charge in [-0.05, 0) is 61.7 Å². The SMILES string of the molecule is CN(C)c1ccc2c(c1)n(C)c(=NNc1ccc(N3CCCCC3)cc1)n2C. The number of nitrogens with zero attached hydrogens (tertiary/aromatic N) is 5. The Balaban J connectivity index is 1.59. The highest BCUT2D eigenvalue weighted by atomic mass is 15.3. The van der Waals surface area contributed by atoms with Crippen LogP contribution < -0.4 is 20.8 Å². The van der Waals surface area contributed by atoms with E-state index in [9.17, 15) is 0 Å².